The highest BCUT2D eigenvalue weighted by Crippen LogP contribution is 2.48. The molecule has 1 heterocycles. The van der Waals surface area contributed by atoms with Gasteiger partial charge in [-0.2, -0.15) is 0 Å². The lowest BCUT2D eigenvalue weighted by atomic mass is 9.74. The molecule has 3 nitrogen and oxygen atoms in total. The van der Waals surface area contributed by atoms with Gasteiger partial charge in [0.15, 0.2) is 0 Å². The third-order valence-electron chi connectivity index (χ3n) is 4.03. The maximum Gasteiger partial charge on any atom is 0.234 e. The first-order chi connectivity index (χ1) is 8.44. The van der Waals surface area contributed by atoms with Crippen LogP contribution in [0.3, 0.4) is 0 Å². The van der Waals surface area contributed by atoms with Crippen LogP contribution in [-0.2, 0) is 9.53 Å². The predicted molar refractivity (Wildman–Crippen MR) is 67.0 cm³/mol. The van der Waals surface area contributed by atoms with Crippen molar-refractivity contribution in [3.05, 3.63) is 41.0 Å². The van der Waals surface area contributed by atoms with Crippen LogP contribution in [0.15, 0.2) is 29.8 Å². The van der Waals surface area contributed by atoms with Gasteiger partial charge in [-0.25, -0.2) is 0 Å². The first-order valence-electron chi connectivity index (χ1n) is 6.04. The molecule has 18 heavy (non-hydrogen) atoms. The molecular weight excluding hydrogens is 228 g/mol. The molecule has 0 unspecified atom stereocenters. The van der Waals surface area contributed by atoms with E-state index in [1.807, 2.05) is 32.9 Å². The molecule has 1 atom stereocenters. The molecule has 0 saturated heterocycles. The second kappa shape index (κ2) is 3.31. The minimum absolute atomic E-state index is 0.106. The van der Waals surface area contributed by atoms with Gasteiger partial charge in [-0.3, -0.25) is 9.59 Å². The summed E-state index contributed by atoms with van der Waals surface area (Å²) in [5, 5.41) is 0. The first-order valence-corrected chi connectivity index (χ1v) is 6.04. The fourth-order valence-corrected chi connectivity index (χ4v) is 2.59. The SMILES string of the molecule is C[C@H]1OC2=C(C(=O)C(=O)c3ccccc32)C1(C)C. The summed E-state index contributed by atoms with van der Waals surface area (Å²) in [6.07, 6.45) is -0.106. The fourth-order valence-electron chi connectivity index (χ4n) is 2.59. The van der Waals surface area contributed by atoms with Crippen LogP contribution in [0.5, 0.6) is 0 Å². The van der Waals surface area contributed by atoms with Crippen molar-refractivity contribution >= 4 is 17.3 Å². The highest BCUT2D eigenvalue weighted by atomic mass is 16.5. The average molecular weight is 242 g/mol. The quantitative estimate of drug-likeness (QED) is 0.657. The van der Waals surface area contributed by atoms with Crippen molar-refractivity contribution in [1.82, 2.24) is 0 Å². The smallest absolute Gasteiger partial charge is 0.234 e. The molecule has 3 heteroatoms. The average Bonchev–Trinajstić information content (AvgIpc) is 2.58. The molecule has 92 valence electrons. The van der Waals surface area contributed by atoms with E-state index in [0.29, 0.717) is 16.9 Å². The van der Waals surface area contributed by atoms with Gasteiger partial charge in [0.25, 0.3) is 0 Å². The summed E-state index contributed by atoms with van der Waals surface area (Å²) in [5.74, 6) is -0.249. The maximum atomic E-state index is 12.2. The van der Waals surface area contributed by atoms with Gasteiger partial charge >= 0.3 is 0 Å². The Labute approximate surface area is 105 Å². The van der Waals surface area contributed by atoms with E-state index in [0.717, 1.165) is 5.56 Å². The number of ether oxygens (including phenoxy) is 1. The molecule has 0 radical (unpaired) electrons. The van der Waals surface area contributed by atoms with E-state index < -0.39 is 17.0 Å². The van der Waals surface area contributed by atoms with Crippen LogP contribution in [0.1, 0.15) is 36.7 Å². The normalized spacial score (nSPS) is 24.7. The molecule has 3 rings (SSSR count). The monoisotopic (exact) mass is 242 g/mol. The Morgan fingerprint density at radius 1 is 1.06 bits per heavy atom. The Morgan fingerprint density at radius 2 is 1.67 bits per heavy atom. The number of Topliss-reactive ketones (excluding diaryl/α,β-unsaturated/α-hetero) is 2. The number of benzene rings is 1. The van der Waals surface area contributed by atoms with Crippen molar-refractivity contribution in [2.75, 3.05) is 0 Å². The Kier molecular flexibility index (Phi) is 2.06. The molecule has 1 aromatic carbocycles. The van der Waals surface area contributed by atoms with E-state index in [2.05, 4.69) is 0 Å². The number of fused-ring (bicyclic) bond motifs is 2. The number of hydrogen-bond acceptors (Lipinski definition) is 3. The van der Waals surface area contributed by atoms with E-state index in [1.54, 1.807) is 12.1 Å². The Morgan fingerprint density at radius 3 is 2.33 bits per heavy atom. The minimum Gasteiger partial charge on any atom is -0.489 e. The van der Waals surface area contributed by atoms with Crippen LogP contribution in [0.2, 0.25) is 0 Å². The minimum atomic E-state index is -0.421. The summed E-state index contributed by atoms with van der Waals surface area (Å²) in [6, 6.07) is 7.13. The molecule has 1 aliphatic carbocycles. The summed E-state index contributed by atoms with van der Waals surface area (Å²) >= 11 is 0. The fraction of sp³-hybridized carbons (Fsp3) is 0.333. The molecule has 0 amide bonds. The van der Waals surface area contributed by atoms with Gasteiger partial charge in [0, 0.05) is 16.5 Å². The van der Waals surface area contributed by atoms with Crippen LogP contribution in [0.25, 0.3) is 5.76 Å². The zero-order valence-corrected chi connectivity index (χ0v) is 10.6. The summed E-state index contributed by atoms with van der Waals surface area (Å²) in [6.45, 7) is 5.82. The molecule has 2 aliphatic rings. The van der Waals surface area contributed by atoms with Gasteiger partial charge in [0.05, 0.1) is 5.57 Å². The van der Waals surface area contributed by atoms with Gasteiger partial charge in [-0.15, -0.1) is 0 Å². The van der Waals surface area contributed by atoms with Crippen molar-refractivity contribution in [2.45, 2.75) is 26.9 Å². The molecule has 1 aliphatic heterocycles. The molecule has 0 saturated carbocycles. The van der Waals surface area contributed by atoms with Crippen LogP contribution >= 0.6 is 0 Å². The number of rotatable bonds is 0. The zero-order valence-electron chi connectivity index (χ0n) is 10.6. The highest BCUT2D eigenvalue weighted by molar-refractivity contribution is 6.52. The summed E-state index contributed by atoms with van der Waals surface area (Å²) in [5.41, 5.74) is 1.30. The van der Waals surface area contributed by atoms with E-state index in [4.69, 9.17) is 4.74 Å². The van der Waals surface area contributed by atoms with Crippen molar-refractivity contribution in [1.29, 1.82) is 0 Å². The van der Waals surface area contributed by atoms with Crippen molar-refractivity contribution in [3.8, 4) is 0 Å². The molecule has 0 spiro atoms. The largest absolute Gasteiger partial charge is 0.489 e. The summed E-state index contributed by atoms with van der Waals surface area (Å²) in [4.78, 5) is 24.4. The van der Waals surface area contributed by atoms with Gasteiger partial charge in [-0.1, -0.05) is 38.1 Å². The van der Waals surface area contributed by atoms with E-state index in [1.165, 1.54) is 0 Å². The Hall–Kier alpha value is -1.90. The van der Waals surface area contributed by atoms with Crippen LogP contribution in [-0.4, -0.2) is 17.7 Å². The molecule has 0 aromatic heterocycles. The maximum absolute atomic E-state index is 12.2. The first kappa shape index (κ1) is 11.2. The van der Waals surface area contributed by atoms with E-state index >= 15 is 0 Å². The number of hydrogen-bond donors (Lipinski definition) is 0. The standard InChI is InChI=1S/C15H14O3/c1-8-15(2,3)11-13(17)12(16)9-6-4-5-7-10(9)14(11)18-8/h4-8H,1-3H3/t8-/m1/s1. The number of carbonyl (C=O) groups is 2. The molecule has 0 bridgehead atoms. The van der Waals surface area contributed by atoms with Crippen LogP contribution < -0.4 is 0 Å². The van der Waals surface area contributed by atoms with Crippen LogP contribution in [0.4, 0.5) is 0 Å². The van der Waals surface area contributed by atoms with Crippen molar-refractivity contribution in [2.24, 2.45) is 5.41 Å². The Bertz CT molecular complexity index is 608. The third kappa shape index (κ3) is 1.19. The zero-order chi connectivity index (χ0) is 13.1. The number of ketones is 2. The van der Waals surface area contributed by atoms with Gasteiger partial charge < -0.3 is 4.74 Å². The topological polar surface area (TPSA) is 43.4 Å². The lowest BCUT2D eigenvalue weighted by molar-refractivity contribution is -0.112. The summed E-state index contributed by atoms with van der Waals surface area (Å²) in [7, 11) is 0. The predicted octanol–water partition coefficient (Wildman–Crippen LogP) is 2.61. The summed E-state index contributed by atoms with van der Waals surface area (Å²) < 4.78 is 5.83. The van der Waals surface area contributed by atoms with Crippen molar-refractivity contribution < 1.29 is 14.3 Å². The van der Waals surface area contributed by atoms with E-state index in [9.17, 15) is 9.59 Å². The second-order valence-corrected chi connectivity index (χ2v) is 5.39. The lowest BCUT2D eigenvalue weighted by Gasteiger charge is -2.24. The molecular formula is C15H14O3. The number of carbonyl (C=O) groups excluding carboxylic acids is 2. The lowest BCUT2D eigenvalue weighted by Crippen LogP contribution is -2.32. The molecule has 0 fully saturated rings. The highest BCUT2D eigenvalue weighted by Gasteiger charge is 2.49. The third-order valence-corrected chi connectivity index (χ3v) is 4.03. The second-order valence-electron chi connectivity index (χ2n) is 5.39. The molecule has 1 aromatic rings. The van der Waals surface area contributed by atoms with Crippen molar-refractivity contribution in [3.63, 3.8) is 0 Å². The van der Waals surface area contributed by atoms with Crippen LogP contribution in [0, 0.1) is 5.41 Å². The van der Waals surface area contributed by atoms with Gasteiger partial charge in [-0.05, 0) is 6.92 Å². The van der Waals surface area contributed by atoms with Gasteiger partial charge in [0.2, 0.25) is 11.6 Å². The van der Waals surface area contributed by atoms with E-state index in [-0.39, 0.29) is 6.10 Å². The Balaban J connectivity index is 2.32. The van der Waals surface area contributed by atoms with Gasteiger partial charge in [0.1, 0.15) is 11.9 Å². The molecule has 0 N–H and O–H groups in total.